The second kappa shape index (κ2) is 5.54. The minimum atomic E-state index is -0.343. The summed E-state index contributed by atoms with van der Waals surface area (Å²) in [5, 5.41) is 1.95. The Hall–Kier alpha value is -1.33. The van der Waals surface area contributed by atoms with Gasteiger partial charge in [-0.2, -0.15) is 0 Å². The molecule has 94 valence electrons. The largest absolute Gasteiger partial charge is 0.456 e. The number of benzene rings is 1. The Bertz CT molecular complexity index is 580. The number of nitrogen functional groups attached to an aromatic ring is 1. The molecule has 0 saturated carbocycles. The number of hydrogen-bond donors (Lipinski definition) is 1. The van der Waals surface area contributed by atoms with Crippen molar-refractivity contribution in [2.24, 2.45) is 0 Å². The average Bonchev–Trinajstić information content (AvgIpc) is 2.75. The lowest BCUT2D eigenvalue weighted by Gasteiger charge is -2.06. The van der Waals surface area contributed by atoms with Crippen molar-refractivity contribution in [2.75, 3.05) is 5.73 Å². The number of nitrogens with two attached hydrogens (primary N) is 1. The molecule has 0 aliphatic heterocycles. The van der Waals surface area contributed by atoms with Crippen LogP contribution >= 0.6 is 27.3 Å². The summed E-state index contributed by atoms with van der Waals surface area (Å²) in [5.74, 6) is -0.343. The number of aryl methyl sites for hydroxylation is 1. The highest BCUT2D eigenvalue weighted by Crippen LogP contribution is 2.21. The van der Waals surface area contributed by atoms with Crippen LogP contribution in [0.25, 0.3) is 0 Å². The van der Waals surface area contributed by atoms with Gasteiger partial charge in [0.25, 0.3) is 0 Å². The van der Waals surface area contributed by atoms with E-state index in [1.807, 2.05) is 24.4 Å². The van der Waals surface area contributed by atoms with Gasteiger partial charge in [-0.05, 0) is 46.6 Å². The van der Waals surface area contributed by atoms with Gasteiger partial charge in [-0.15, -0.1) is 11.3 Å². The van der Waals surface area contributed by atoms with E-state index in [0.29, 0.717) is 11.3 Å². The van der Waals surface area contributed by atoms with E-state index >= 15 is 0 Å². The summed E-state index contributed by atoms with van der Waals surface area (Å²) in [6.07, 6.45) is 0. The Morgan fingerprint density at radius 3 is 2.89 bits per heavy atom. The molecular formula is C13H12BrNO2S. The van der Waals surface area contributed by atoms with Crippen molar-refractivity contribution in [3.63, 3.8) is 0 Å². The van der Waals surface area contributed by atoms with Gasteiger partial charge in [0.15, 0.2) is 0 Å². The van der Waals surface area contributed by atoms with Gasteiger partial charge in [-0.25, -0.2) is 4.79 Å². The molecule has 1 heterocycles. The fraction of sp³-hybridized carbons (Fsp3) is 0.154. The smallest absolute Gasteiger partial charge is 0.338 e. The van der Waals surface area contributed by atoms with Crippen molar-refractivity contribution >= 4 is 38.9 Å². The van der Waals surface area contributed by atoms with Crippen molar-refractivity contribution in [3.8, 4) is 0 Å². The maximum atomic E-state index is 11.9. The highest BCUT2D eigenvalue weighted by molar-refractivity contribution is 9.10. The number of thiophene rings is 1. The molecule has 2 aromatic rings. The molecule has 0 spiro atoms. The van der Waals surface area contributed by atoms with Crippen molar-refractivity contribution in [3.05, 3.63) is 50.1 Å². The van der Waals surface area contributed by atoms with E-state index in [9.17, 15) is 4.79 Å². The molecule has 0 bridgehead atoms. The van der Waals surface area contributed by atoms with E-state index in [0.717, 1.165) is 14.9 Å². The minimum absolute atomic E-state index is 0.281. The van der Waals surface area contributed by atoms with Crippen LogP contribution in [0.5, 0.6) is 0 Å². The molecule has 1 aromatic heterocycles. The van der Waals surface area contributed by atoms with Gasteiger partial charge in [0.1, 0.15) is 6.61 Å². The molecule has 0 atom stereocenters. The van der Waals surface area contributed by atoms with E-state index in [-0.39, 0.29) is 12.6 Å². The first-order valence-corrected chi connectivity index (χ1v) is 6.99. The summed E-state index contributed by atoms with van der Waals surface area (Å²) in [7, 11) is 0. The van der Waals surface area contributed by atoms with Crippen LogP contribution in [0.15, 0.2) is 34.1 Å². The third-order valence-electron chi connectivity index (χ3n) is 2.45. The third kappa shape index (κ3) is 3.11. The summed E-state index contributed by atoms with van der Waals surface area (Å²) in [6.45, 7) is 2.14. The van der Waals surface area contributed by atoms with Crippen LogP contribution in [-0.4, -0.2) is 5.97 Å². The van der Waals surface area contributed by atoms with Crippen LogP contribution in [0.1, 0.15) is 20.8 Å². The molecule has 0 amide bonds. The Kier molecular flexibility index (Phi) is 4.04. The van der Waals surface area contributed by atoms with E-state index < -0.39 is 0 Å². The molecule has 0 fully saturated rings. The van der Waals surface area contributed by atoms with Gasteiger partial charge in [0.2, 0.25) is 0 Å². The predicted octanol–water partition coefficient (Wildman–Crippen LogP) is 3.76. The second-order valence-corrected chi connectivity index (χ2v) is 5.79. The maximum absolute atomic E-state index is 11.9. The van der Waals surface area contributed by atoms with E-state index in [1.165, 1.54) is 0 Å². The zero-order valence-electron chi connectivity index (χ0n) is 9.77. The first-order valence-electron chi connectivity index (χ1n) is 5.32. The summed E-state index contributed by atoms with van der Waals surface area (Å²) < 4.78 is 6.26. The Morgan fingerprint density at radius 1 is 1.44 bits per heavy atom. The number of halogens is 1. The molecule has 18 heavy (non-hydrogen) atoms. The van der Waals surface area contributed by atoms with Gasteiger partial charge in [0, 0.05) is 20.4 Å². The monoisotopic (exact) mass is 325 g/mol. The van der Waals surface area contributed by atoms with E-state index in [4.69, 9.17) is 10.5 Å². The lowest BCUT2D eigenvalue weighted by Crippen LogP contribution is -2.07. The van der Waals surface area contributed by atoms with Crippen LogP contribution in [0.3, 0.4) is 0 Å². The number of ether oxygens (including phenoxy) is 1. The van der Waals surface area contributed by atoms with Crippen LogP contribution in [-0.2, 0) is 11.3 Å². The first-order chi connectivity index (χ1) is 8.56. The van der Waals surface area contributed by atoms with Gasteiger partial charge >= 0.3 is 5.97 Å². The summed E-state index contributed by atoms with van der Waals surface area (Å²) in [6, 6.07) is 7.16. The van der Waals surface area contributed by atoms with Crippen LogP contribution < -0.4 is 5.73 Å². The number of anilines is 1. The molecule has 0 radical (unpaired) electrons. The number of esters is 1. The molecular weight excluding hydrogens is 314 g/mol. The minimum Gasteiger partial charge on any atom is -0.456 e. The average molecular weight is 326 g/mol. The van der Waals surface area contributed by atoms with Crippen molar-refractivity contribution < 1.29 is 9.53 Å². The third-order valence-corrected chi connectivity index (χ3v) is 4.12. The number of rotatable bonds is 3. The molecule has 0 saturated heterocycles. The number of carbonyl (C=O) groups is 1. The number of hydrogen-bond acceptors (Lipinski definition) is 4. The predicted molar refractivity (Wildman–Crippen MR) is 76.7 cm³/mol. The van der Waals surface area contributed by atoms with Crippen LogP contribution in [0, 0.1) is 6.92 Å². The van der Waals surface area contributed by atoms with Crippen molar-refractivity contribution in [1.29, 1.82) is 0 Å². The molecule has 5 heteroatoms. The molecule has 1 aromatic carbocycles. The number of carbonyl (C=O) groups excluding carboxylic acids is 1. The summed E-state index contributed by atoms with van der Waals surface area (Å²) in [5.41, 5.74) is 7.61. The van der Waals surface area contributed by atoms with E-state index in [2.05, 4.69) is 15.9 Å². The zero-order valence-corrected chi connectivity index (χ0v) is 12.2. The fourth-order valence-corrected chi connectivity index (χ4v) is 2.87. The van der Waals surface area contributed by atoms with E-state index in [1.54, 1.807) is 23.5 Å². The molecule has 2 rings (SSSR count). The molecule has 0 aliphatic rings. The topological polar surface area (TPSA) is 52.3 Å². The second-order valence-electron chi connectivity index (χ2n) is 3.88. The summed E-state index contributed by atoms with van der Waals surface area (Å²) >= 11 is 4.90. The first kappa shape index (κ1) is 13.1. The molecule has 3 nitrogen and oxygen atoms in total. The fourth-order valence-electron chi connectivity index (χ4n) is 1.50. The van der Waals surface area contributed by atoms with Crippen LogP contribution in [0.2, 0.25) is 0 Å². The van der Waals surface area contributed by atoms with Crippen molar-refractivity contribution in [2.45, 2.75) is 13.5 Å². The zero-order chi connectivity index (χ0) is 13.1. The molecule has 2 N–H and O–H groups in total. The van der Waals surface area contributed by atoms with Gasteiger partial charge in [0.05, 0.1) is 5.56 Å². The molecule has 0 aliphatic carbocycles. The maximum Gasteiger partial charge on any atom is 0.338 e. The Labute approximate surface area is 118 Å². The lowest BCUT2D eigenvalue weighted by atomic mass is 10.1. The Balaban J connectivity index is 2.05. The Morgan fingerprint density at radius 2 is 2.22 bits per heavy atom. The quantitative estimate of drug-likeness (QED) is 0.690. The molecule has 0 unspecified atom stereocenters. The van der Waals surface area contributed by atoms with Gasteiger partial charge in [-0.3, -0.25) is 0 Å². The van der Waals surface area contributed by atoms with Gasteiger partial charge in [-0.1, -0.05) is 6.07 Å². The highest BCUT2D eigenvalue weighted by atomic mass is 79.9. The van der Waals surface area contributed by atoms with Crippen LogP contribution in [0.4, 0.5) is 5.69 Å². The SMILES string of the molecule is Cc1ccc(N)cc1C(=O)OCc1cc(Br)cs1. The highest BCUT2D eigenvalue weighted by Gasteiger charge is 2.11. The normalized spacial score (nSPS) is 10.3. The van der Waals surface area contributed by atoms with Gasteiger partial charge < -0.3 is 10.5 Å². The standard InChI is InChI=1S/C13H12BrNO2S/c1-8-2-3-10(15)5-12(8)13(16)17-6-11-4-9(14)7-18-11/h2-5,7H,6,15H2,1H3. The lowest BCUT2D eigenvalue weighted by molar-refractivity contribution is 0.0476. The summed E-state index contributed by atoms with van der Waals surface area (Å²) in [4.78, 5) is 12.9. The van der Waals surface area contributed by atoms with Crippen molar-refractivity contribution in [1.82, 2.24) is 0 Å².